The van der Waals surface area contributed by atoms with E-state index in [2.05, 4.69) is 0 Å². The zero-order valence-electron chi connectivity index (χ0n) is 16.5. The van der Waals surface area contributed by atoms with E-state index in [1.165, 1.54) is 27.0 Å². The Morgan fingerprint density at radius 2 is 1.28 bits per heavy atom. The molecule has 0 saturated heterocycles. The number of carbonyl (C=O) groups is 2. The van der Waals surface area contributed by atoms with Gasteiger partial charge in [-0.25, -0.2) is 0 Å². The summed E-state index contributed by atoms with van der Waals surface area (Å²) in [6.45, 7) is 2.86. The van der Waals surface area contributed by atoms with E-state index in [9.17, 15) is 24.9 Å². The minimum absolute atomic E-state index is 0.108. The van der Waals surface area contributed by atoms with E-state index in [0.29, 0.717) is 24.0 Å². The Balaban J connectivity index is 2.44. The maximum atomic E-state index is 11.0. The van der Waals surface area contributed by atoms with Crippen LogP contribution in [0.15, 0.2) is 24.3 Å². The summed E-state index contributed by atoms with van der Waals surface area (Å²) < 4.78 is 15.1. The van der Waals surface area contributed by atoms with Crippen LogP contribution in [0.3, 0.4) is 0 Å². The first-order valence-corrected chi connectivity index (χ1v) is 8.94. The van der Waals surface area contributed by atoms with Crippen LogP contribution < -0.4 is 4.74 Å². The molecule has 0 atom stereocenters. The van der Waals surface area contributed by atoms with Crippen molar-refractivity contribution in [3.8, 4) is 34.1 Å². The smallest absolute Gasteiger partial charge is 0.302 e. The van der Waals surface area contributed by atoms with Gasteiger partial charge in [0.2, 0.25) is 0 Å². The second-order valence-corrected chi connectivity index (χ2v) is 6.39. The summed E-state index contributed by atoms with van der Waals surface area (Å²) in [6, 6.07) is 6.17. The fraction of sp³-hybridized carbons (Fsp3) is 0.333. The first-order chi connectivity index (χ1) is 13.7. The molecule has 0 aliphatic heterocycles. The first kappa shape index (κ1) is 21.9. The number of ether oxygens (including phenoxy) is 3. The van der Waals surface area contributed by atoms with Gasteiger partial charge < -0.3 is 29.5 Å². The number of aromatic hydroxyl groups is 3. The molecule has 0 bridgehead atoms. The van der Waals surface area contributed by atoms with Crippen molar-refractivity contribution in [3.63, 3.8) is 0 Å². The quantitative estimate of drug-likeness (QED) is 0.453. The molecule has 3 N–H and O–H groups in total. The molecule has 0 fully saturated rings. The number of phenolic OH excluding ortho intramolecular Hbond substituents is 3. The van der Waals surface area contributed by atoms with Gasteiger partial charge in [-0.15, -0.1) is 0 Å². The molecule has 8 heteroatoms. The van der Waals surface area contributed by atoms with Crippen LogP contribution in [0.1, 0.15) is 25.0 Å². The van der Waals surface area contributed by atoms with Crippen LogP contribution in [0.4, 0.5) is 0 Å². The molecule has 0 amide bonds. The van der Waals surface area contributed by atoms with Crippen molar-refractivity contribution in [2.24, 2.45) is 0 Å². The summed E-state index contributed by atoms with van der Waals surface area (Å²) in [6.07, 6.45) is 0.673. The number of rotatable bonds is 8. The SMILES string of the molecule is COc1cc(CCOC(C)=O)cc(-c2cc(CCOC(C)=O)cc(O)c2O)c1O. The third-order valence-corrected chi connectivity index (χ3v) is 4.19. The molecule has 156 valence electrons. The van der Waals surface area contributed by atoms with Crippen molar-refractivity contribution in [2.75, 3.05) is 20.3 Å². The van der Waals surface area contributed by atoms with Crippen LogP contribution in [0, 0.1) is 0 Å². The standard InChI is InChI=1S/C21H24O8/c1-12(22)28-6-4-14-8-16(20(25)18(24)10-14)17-9-15(5-7-29-13(2)23)11-19(27-3)21(17)26/h8-11,24-26H,4-7H2,1-3H3. The molecule has 0 aliphatic rings. The Morgan fingerprint density at radius 3 is 1.76 bits per heavy atom. The lowest BCUT2D eigenvalue weighted by atomic mass is 9.96. The van der Waals surface area contributed by atoms with Gasteiger partial charge in [-0.1, -0.05) is 0 Å². The minimum atomic E-state index is -0.420. The van der Waals surface area contributed by atoms with Crippen molar-refractivity contribution < 1.29 is 39.1 Å². The van der Waals surface area contributed by atoms with Crippen molar-refractivity contribution in [2.45, 2.75) is 26.7 Å². The fourth-order valence-electron chi connectivity index (χ4n) is 2.82. The number of phenols is 3. The predicted octanol–water partition coefficient (Wildman–Crippen LogP) is 2.69. The van der Waals surface area contributed by atoms with Crippen LogP contribution in [0.5, 0.6) is 23.0 Å². The van der Waals surface area contributed by atoms with Crippen LogP contribution in [-0.4, -0.2) is 47.6 Å². The molecule has 0 radical (unpaired) electrons. The normalized spacial score (nSPS) is 10.4. The van der Waals surface area contributed by atoms with Gasteiger partial charge in [-0.05, 0) is 35.4 Å². The van der Waals surface area contributed by atoms with Gasteiger partial charge in [0.05, 0.1) is 20.3 Å². The maximum absolute atomic E-state index is 11.0. The summed E-state index contributed by atoms with van der Waals surface area (Å²) in [7, 11) is 1.39. The highest BCUT2D eigenvalue weighted by molar-refractivity contribution is 5.81. The molecule has 2 aromatic carbocycles. The lowest BCUT2D eigenvalue weighted by Crippen LogP contribution is -2.04. The van der Waals surface area contributed by atoms with Crippen LogP contribution in [-0.2, 0) is 31.9 Å². The molecule has 0 aromatic heterocycles. The minimum Gasteiger partial charge on any atom is -0.504 e. The van der Waals surface area contributed by atoms with E-state index in [-0.39, 0.29) is 41.6 Å². The van der Waals surface area contributed by atoms with Crippen molar-refractivity contribution in [1.82, 2.24) is 0 Å². The topological polar surface area (TPSA) is 123 Å². The zero-order chi connectivity index (χ0) is 21.6. The predicted molar refractivity (Wildman–Crippen MR) is 104 cm³/mol. The zero-order valence-corrected chi connectivity index (χ0v) is 16.5. The molecule has 0 unspecified atom stereocenters. The number of esters is 2. The summed E-state index contributed by atoms with van der Waals surface area (Å²) >= 11 is 0. The van der Waals surface area contributed by atoms with Gasteiger partial charge in [-0.2, -0.15) is 0 Å². The van der Waals surface area contributed by atoms with E-state index < -0.39 is 17.7 Å². The summed E-state index contributed by atoms with van der Waals surface area (Å²) in [5, 5.41) is 31.0. The second-order valence-electron chi connectivity index (χ2n) is 6.39. The first-order valence-electron chi connectivity index (χ1n) is 8.94. The second kappa shape index (κ2) is 9.68. The molecule has 0 spiro atoms. The Morgan fingerprint density at radius 1 is 0.793 bits per heavy atom. The highest BCUT2D eigenvalue weighted by atomic mass is 16.5. The highest BCUT2D eigenvalue weighted by Gasteiger charge is 2.18. The van der Waals surface area contributed by atoms with Crippen LogP contribution in [0.25, 0.3) is 11.1 Å². The Hall–Kier alpha value is -3.42. The van der Waals surface area contributed by atoms with Crippen molar-refractivity contribution in [1.29, 1.82) is 0 Å². The number of carbonyl (C=O) groups excluding carboxylic acids is 2. The summed E-state index contributed by atoms with van der Waals surface area (Å²) in [4.78, 5) is 21.9. The van der Waals surface area contributed by atoms with E-state index in [1.54, 1.807) is 18.2 Å². The molecule has 0 heterocycles. The van der Waals surface area contributed by atoms with Gasteiger partial charge in [0.25, 0.3) is 0 Å². The van der Waals surface area contributed by atoms with Crippen LogP contribution >= 0.6 is 0 Å². The molecule has 0 saturated carbocycles. The maximum Gasteiger partial charge on any atom is 0.302 e. The van der Waals surface area contributed by atoms with Gasteiger partial charge >= 0.3 is 11.9 Å². The monoisotopic (exact) mass is 404 g/mol. The molecular formula is C21H24O8. The molecule has 29 heavy (non-hydrogen) atoms. The van der Waals surface area contributed by atoms with Crippen molar-refractivity contribution in [3.05, 3.63) is 35.4 Å². The number of hydrogen-bond acceptors (Lipinski definition) is 8. The molecule has 2 rings (SSSR count). The Bertz CT molecular complexity index is 904. The molecule has 2 aromatic rings. The average molecular weight is 404 g/mol. The number of benzene rings is 2. The summed E-state index contributed by atoms with van der Waals surface area (Å²) in [5.74, 6) is -1.64. The van der Waals surface area contributed by atoms with Crippen LogP contribution in [0.2, 0.25) is 0 Å². The van der Waals surface area contributed by atoms with Gasteiger partial charge in [-0.3, -0.25) is 9.59 Å². The fourth-order valence-corrected chi connectivity index (χ4v) is 2.82. The molecule has 0 aliphatic carbocycles. The van der Waals surface area contributed by atoms with Gasteiger partial charge in [0.15, 0.2) is 23.0 Å². The third-order valence-electron chi connectivity index (χ3n) is 4.19. The lowest BCUT2D eigenvalue weighted by Gasteiger charge is -2.15. The lowest BCUT2D eigenvalue weighted by molar-refractivity contribution is -0.141. The largest absolute Gasteiger partial charge is 0.504 e. The van der Waals surface area contributed by atoms with E-state index in [4.69, 9.17) is 14.2 Å². The third kappa shape index (κ3) is 5.78. The molecular weight excluding hydrogens is 380 g/mol. The Kier molecular flexibility index (Phi) is 7.30. The number of hydrogen-bond donors (Lipinski definition) is 3. The van der Waals surface area contributed by atoms with E-state index >= 15 is 0 Å². The van der Waals surface area contributed by atoms with Crippen molar-refractivity contribution >= 4 is 11.9 Å². The summed E-state index contributed by atoms with van der Waals surface area (Å²) in [5.41, 5.74) is 1.72. The highest BCUT2D eigenvalue weighted by Crippen LogP contribution is 2.45. The molecule has 8 nitrogen and oxygen atoms in total. The average Bonchev–Trinajstić information content (AvgIpc) is 2.65. The van der Waals surface area contributed by atoms with Gasteiger partial charge in [0.1, 0.15) is 0 Å². The van der Waals surface area contributed by atoms with Gasteiger partial charge in [0, 0.05) is 37.8 Å². The van der Waals surface area contributed by atoms with E-state index in [1.807, 2.05) is 0 Å². The van der Waals surface area contributed by atoms with E-state index in [0.717, 1.165) is 0 Å². The number of methoxy groups -OCH3 is 1. The Labute approximate surface area is 168 Å².